The van der Waals surface area contributed by atoms with Gasteiger partial charge in [-0.25, -0.2) is 4.98 Å². The van der Waals surface area contributed by atoms with Crippen LogP contribution in [0.3, 0.4) is 0 Å². The summed E-state index contributed by atoms with van der Waals surface area (Å²) in [6.07, 6.45) is 0. The first kappa shape index (κ1) is 17.5. The van der Waals surface area contributed by atoms with Crippen LogP contribution in [0.4, 0.5) is 0 Å². The molecule has 0 fully saturated rings. The highest BCUT2D eigenvalue weighted by atomic mass is 32.2. The number of fused-ring (bicyclic) bond motifs is 1. The number of carbonyl (C=O) groups excluding carboxylic acids is 1. The summed E-state index contributed by atoms with van der Waals surface area (Å²) in [6, 6.07) is 13.6. The number of imidazole rings is 1. The Morgan fingerprint density at radius 3 is 2.52 bits per heavy atom. The van der Waals surface area contributed by atoms with E-state index >= 15 is 0 Å². The molecule has 0 saturated heterocycles. The normalized spacial score (nSPS) is 11.7. The molecule has 0 radical (unpaired) electrons. The van der Waals surface area contributed by atoms with E-state index in [1.54, 1.807) is 7.11 Å². The molecule has 1 heterocycles. The second-order valence-corrected chi connectivity index (χ2v) is 7.93. The number of aromatic amines is 1. The topological polar surface area (TPSA) is 55.0 Å². The van der Waals surface area contributed by atoms with Crippen LogP contribution in [0.1, 0.15) is 36.7 Å². The zero-order valence-electron chi connectivity index (χ0n) is 14.9. The Bertz CT molecular complexity index is 892. The maximum Gasteiger partial charge on any atom is 0.173 e. The van der Waals surface area contributed by atoms with Crippen LogP contribution in [0.15, 0.2) is 47.6 Å². The summed E-state index contributed by atoms with van der Waals surface area (Å²) < 4.78 is 5.21. The number of methoxy groups -OCH3 is 1. The van der Waals surface area contributed by atoms with Gasteiger partial charge in [0.15, 0.2) is 10.9 Å². The number of Topliss-reactive ketones (excluding diaryl/α,β-unsaturated/α-hetero) is 1. The van der Waals surface area contributed by atoms with Crippen LogP contribution < -0.4 is 4.74 Å². The predicted octanol–water partition coefficient (Wildman–Crippen LogP) is 4.84. The van der Waals surface area contributed by atoms with E-state index in [-0.39, 0.29) is 11.2 Å². The van der Waals surface area contributed by atoms with Crippen molar-refractivity contribution in [3.63, 3.8) is 0 Å². The molecule has 0 amide bonds. The zero-order chi connectivity index (χ0) is 18.0. The maximum absolute atomic E-state index is 12.4. The van der Waals surface area contributed by atoms with Gasteiger partial charge in [-0.1, -0.05) is 56.8 Å². The lowest BCUT2D eigenvalue weighted by Gasteiger charge is -2.18. The average Bonchev–Trinajstić information content (AvgIpc) is 3.00. The first-order valence-corrected chi connectivity index (χ1v) is 9.16. The van der Waals surface area contributed by atoms with Gasteiger partial charge in [0.25, 0.3) is 0 Å². The number of nitrogens with zero attached hydrogens (tertiary/aromatic N) is 1. The predicted molar refractivity (Wildman–Crippen MR) is 103 cm³/mol. The molecular weight excluding hydrogens is 332 g/mol. The van der Waals surface area contributed by atoms with Crippen LogP contribution in [0.2, 0.25) is 0 Å². The lowest BCUT2D eigenvalue weighted by atomic mass is 9.86. The van der Waals surface area contributed by atoms with E-state index in [0.29, 0.717) is 5.75 Å². The largest absolute Gasteiger partial charge is 0.497 e. The Hall–Kier alpha value is -2.27. The summed E-state index contributed by atoms with van der Waals surface area (Å²) in [5.41, 5.74) is 3.82. The van der Waals surface area contributed by atoms with Gasteiger partial charge in [-0.2, -0.15) is 0 Å². The van der Waals surface area contributed by atoms with E-state index in [9.17, 15) is 4.79 Å². The Morgan fingerprint density at radius 1 is 1.16 bits per heavy atom. The van der Waals surface area contributed by atoms with E-state index in [1.807, 2.05) is 42.5 Å². The monoisotopic (exact) mass is 354 g/mol. The number of carbonyl (C=O) groups is 1. The fourth-order valence-electron chi connectivity index (χ4n) is 2.53. The molecule has 0 aliphatic rings. The average molecular weight is 354 g/mol. The summed E-state index contributed by atoms with van der Waals surface area (Å²) in [7, 11) is 1.64. The number of rotatable bonds is 5. The van der Waals surface area contributed by atoms with E-state index in [1.165, 1.54) is 17.3 Å². The third-order valence-corrected chi connectivity index (χ3v) is 4.95. The number of aromatic nitrogens is 2. The summed E-state index contributed by atoms with van der Waals surface area (Å²) in [6.45, 7) is 6.49. The number of thioether (sulfide) groups is 1. The SMILES string of the molecule is COc1ccc2nc(SCC(=O)c3ccc(C(C)(C)C)cc3)[nH]c2c1. The number of ketones is 1. The number of ether oxygens (including phenoxy) is 1. The highest BCUT2D eigenvalue weighted by molar-refractivity contribution is 7.99. The molecule has 0 spiro atoms. The first-order chi connectivity index (χ1) is 11.9. The summed E-state index contributed by atoms with van der Waals surface area (Å²) in [5.74, 6) is 1.23. The van der Waals surface area contributed by atoms with Crippen LogP contribution >= 0.6 is 11.8 Å². The minimum atomic E-state index is 0.0889. The van der Waals surface area contributed by atoms with Crippen molar-refractivity contribution in [1.29, 1.82) is 0 Å². The van der Waals surface area contributed by atoms with Crippen LogP contribution in [0.5, 0.6) is 5.75 Å². The highest BCUT2D eigenvalue weighted by Crippen LogP contribution is 2.25. The van der Waals surface area contributed by atoms with Crippen molar-refractivity contribution in [1.82, 2.24) is 9.97 Å². The van der Waals surface area contributed by atoms with Crippen molar-refractivity contribution in [2.75, 3.05) is 12.9 Å². The molecule has 25 heavy (non-hydrogen) atoms. The Labute approximate surface area is 152 Å². The van der Waals surface area contributed by atoms with Crippen molar-refractivity contribution in [3.8, 4) is 5.75 Å². The van der Waals surface area contributed by atoms with Gasteiger partial charge in [-0.05, 0) is 23.1 Å². The molecule has 2 aromatic carbocycles. The molecule has 5 heteroatoms. The van der Waals surface area contributed by atoms with Gasteiger partial charge in [0, 0.05) is 11.6 Å². The van der Waals surface area contributed by atoms with Crippen molar-refractivity contribution in [3.05, 3.63) is 53.6 Å². The van der Waals surface area contributed by atoms with Crippen LogP contribution in [0, 0.1) is 0 Å². The smallest absolute Gasteiger partial charge is 0.173 e. The third-order valence-electron chi connectivity index (χ3n) is 4.08. The molecule has 0 bridgehead atoms. The summed E-state index contributed by atoms with van der Waals surface area (Å²) in [4.78, 5) is 20.1. The molecule has 0 saturated carbocycles. The Morgan fingerprint density at radius 2 is 1.88 bits per heavy atom. The van der Waals surface area contributed by atoms with Crippen LogP contribution in [-0.4, -0.2) is 28.6 Å². The second-order valence-electron chi connectivity index (χ2n) is 6.96. The van der Waals surface area contributed by atoms with Gasteiger partial charge >= 0.3 is 0 Å². The molecule has 3 rings (SSSR count). The quantitative estimate of drug-likeness (QED) is 0.526. The summed E-state index contributed by atoms with van der Waals surface area (Å²) >= 11 is 1.42. The van der Waals surface area contributed by atoms with Gasteiger partial charge < -0.3 is 9.72 Å². The van der Waals surface area contributed by atoms with Gasteiger partial charge in [0.1, 0.15) is 5.75 Å². The summed E-state index contributed by atoms with van der Waals surface area (Å²) in [5, 5.41) is 0.739. The van der Waals surface area contributed by atoms with Crippen molar-refractivity contribution in [2.45, 2.75) is 31.3 Å². The van der Waals surface area contributed by atoms with Crippen molar-refractivity contribution in [2.24, 2.45) is 0 Å². The zero-order valence-corrected chi connectivity index (χ0v) is 15.7. The maximum atomic E-state index is 12.4. The standard InChI is InChI=1S/C20H22N2O2S/c1-20(2,3)14-7-5-13(6-8-14)18(23)12-25-19-21-16-10-9-15(24-4)11-17(16)22-19/h5-11H,12H2,1-4H3,(H,21,22). The molecular formula is C20H22N2O2S. The van der Waals surface area contributed by atoms with Crippen molar-refractivity contribution >= 4 is 28.6 Å². The molecule has 4 nitrogen and oxygen atoms in total. The Balaban J connectivity index is 1.67. The Kier molecular flexibility index (Phi) is 4.86. The van der Waals surface area contributed by atoms with Crippen molar-refractivity contribution < 1.29 is 9.53 Å². The number of benzene rings is 2. The lowest BCUT2D eigenvalue weighted by molar-refractivity contribution is 0.102. The highest BCUT2D eigenvalue weighted by Gasteiger charge is 2.15. The van der Waals surface area contributed by atoms with E-state index in [4.69, 9.17) is 4.74 Å². The fraction of sp³-hybridized carbons (Fsp3) is 0.300. The van der Waals surface area contributed by atoms with Crippen LogP contribution in [-0.2, 0) is 5.41 Å². The van der Waals surface area contributed by atoms with Crippen LogP contribution in [0.25, 0.3) is 11.0 Å². The van der Waals surface area contributed by atoms with Gasteiger partial charge in [0.05, 0.1) is 23.9 Å². The molecule has 1 N–H and O–H groups in total. The van der Waals surface area contributed by atoms with Gasteiger partial charge in [-0.15, -0.1) is 0 Å². The first-order valence-electron chi connectivity index (χ1n) is 8.17. The van der Waals surface area contributed by atoms with E-state index < -0.39 is 0 Å². The molecule has 0 aliphatic heterocycles. The molecule has 130 valence electrons. The lowest BCUT2D eigenvalue weighted by Crippen LogP contribution is -2.11. The number of hydrogen-bond acceptors (Lipinski definition) is 4. The minimum absolute atomic E-state index is 0.0889. The number of H-pyrrole nitrogens is 1. The van der Waals surface area contributed by atoms with Gasteiger partial charge in [0.2, 0.25) is 0 Å². The molecule has 0 aliphatic carbocycles. The third kappa shape index (κ3) is 4.04. The minimum Gasteiger partial charge on any atom is -0.497 e. The van der Waals surface area contributed by atoms with Gasteiger partial charge in [-0.3, -0.25) is 4.79 Å². The number of hydrogen-bond donors (Lipinski definition) is 1. The molecule has 0 atom stereocenters. The second kappa shape index (κ2) is 6.92. The number of nitrogens with one attached hydrogen (secondary N) is 1. The molecule has 3 aromatic rings. The fourth-order valence-corrected chi connectivity index (χ4v) is 3.31. The molecule has 1 aromatic heterocycles. The van der Waals surface area contributed by atoms with E-state index in [2.05, 4.69) is 30.7 Å². The van der Waals surface area contributed by atoms with E-state index in [0.717, 1.165) is 27.5 Å². The molecule has 0 unspecified atom stereocenters.